The lowest BCUT2D eigenvalue weighted by molar-refractivity contribution is -0.294. The van der Waals surface area contributed by atoms with Crippen molar-refractivity contribution < 1.29 is 22.0 Å². The highest BCUT2D eigenvalue weighted by Gasteiger charge is 2.62. The van der Waals surface area contributed by atoms with Gasteiger partial charge in [0.25, 0.3) is 0 Å². The van der Waals surface area contributed by atoms with Crippen molar-refractivity contribution >= 4 is 22.9 Å². The summed E-state index contributed by atoms with van der Waals surface area (Å²) in [4.78, 5) is -0.123. The van der Waals surface area contributed by atoms with Gasteiger partial charge in [0.05, 0.1) is 4.34 Å². The van der Waals surface area contributed by atoms with Gasteiger partial charge in [0.15, 0.2) is 0 Å². The Bertz CT molecular complexity index is 395. The first-order chi connectivity index (χ1) is 8.11. The van der Waals surface area contributed by atoms with Crippen LogP contribution in [0.2, 0.25) is 4.34 Å². The van der Waals surface area contributed by atoms with E-state index in [0.717, 1.165) is 11.3 Å². The minimum Gasteiger partial charge on any atom is -0.304 e. The largest absolute Gasteiger partial charge is 0.455 e. The van der Waals surface area contributed by atoms with E-state index in [0.29, 0.717) is 5.56 Å². The van der Waals surface area contributed by atoms with Crippen molar-refractivity contribution in [3.8, 4) is 0 Å². The molecule has 0 radical (unpaired) electrons. The maximum absolute atomic E-state index is 13.4. The van der Waals surface area contributed by atoms with Crippen LogP contribution in [-0.4, -0.2) is 18.6 Å². The van der Waals surface area contributed by atoms with Gasteiger partial charge in [-0.3, -0.25) is 0 Å². The molecule has 8 heteroatoms. The minimum atomic E-state index is -5.61. The minimum absolute atomic E-state index is 0.00902. The summed E-state index contributed by atoms with van der Waals surface area (Å²) in [6.07, 6.45) is -5.61. The number of hydrogen-bond donors (Lipinski definition) is 1. The average molecular weight is 308 g/mol. The lowest BCUT2D eigenvalue weighted by Gasteiger charge is -2.28. The average Bonchev–Trinajstić information content (AvgIpc) is 2.53. The van der Waals surface area contributed by atoms with E-state index in [-0.39, 0.29) is 15.8 Å². The molecule has 18 heavy (non-hydrogen) atoms. The van der Waals surface area contributed by atoms with Crippen molar-refractivity contribution in [2.24, 2.45) is 0 Å². The molecule has 0 bridgehead atoms. The number of hydrogen-bond acceptors (Lipinski definition) is 2. The second-order valence-corrected chi connectivity index (χ2v) is 5.40. The summed E-state index contributed by atoms with van der Waals surface area (Å²) < 4.78 is 64.1. The van der Waals surface area contributed by atoms with Crippen LogP contribution < -0.4 is 5.32 Å². The van der Waals surface area contributed by atoms with Crippen molar-refractivity contribution in [1.29, 1.82) is 0 Å². The molecule has 0 aliphatic heterocycles. The Balaban J connectivity index is 3.18. The first-order valence-electron chi connectivity index (χ1n) is 5.05. The molecule has 1 nitrogen and oxygen atoms in total. The summed E-state index contributed by atoms with van der Waals surface area (Å²) in [6.45, 7) is 3.00. The van der Waals surface area contributed by atoms with Gasteiger partial charge in [0.2, 0.25) is 0 Å². The van der Waals surface area contributed by atoms with Crippen LogP contribution in [0.4, 0.5) is 22.0 Å². The van der Waals surface area contributed by atoms with Crippen molar-refractivity contribution in [2.75, 3.05) is 6.54 Å². The van der Waals surface area contributed by atoms with Crippen molar-refractivity contribution in [1.82, 2.24) is 5.32 Å². The number of nitrogens with one attached hydrogen (secondary N) is 1. The molecule has 0 saturated heterocycles. The molecule has 1 rings (SSSR count). The normalized spacial score (nSPS) is 14.9. The predicted molar refractivity (Wildman–Crippen MR) is 61.5 cm³/mol. The molecular weight excluding hydrogens is 297 g/mol. The SMILES string of the molecule is CCNC(c1cc(C)c(Cl)s1)C(F)(F)C(F)(F)F. The number of rotatable bonds is 4. The van der Waals surface area contributed by atoms with Crippen LogP contribution in [0.1, 0.15) is 23.4 Å². The third kappa shape index (κ3) is 2.95. The molecule has 0 fully saturated rings. The molecule has 0 saturated carbocycles. The smallest absolute Gasteiger partial charge is 0.304 e. The van der Waals surface area contributed by atoms with Gasteiger partial charge in [-0.25, -0.2) is 0 Å². The molecule has 1 aromatic rings. The Morgan fingerprint density at radius 1 is 1.33 bits per heavy atom. The molecule has 1 N–H and O–H groups in total. The molecule has 1 aromatic heterocycles. The third-order valence-electron chi connectivity index (χ3n) is 2.31. The highest BCUT2D eigenvalue weighted by Crippen LogP contribution is 2.46. The summed E-state index contributed by atoms with van der Waals surface area (Å²) in [6, 6.07) is -0.862. The highest BCUT2D eigenvalue weighted by atomic mass is 35.5. The molecule has 1 atom stereocenters. The molecule has 104 valence electrons. The van der Waals surface area contributed by atoms with Gasteiger partial charge < -0.3 is 5.32 Å². The Kier molecular flexibility index (Phi) is 4.61. The fourth-order valence-electron chi connectivity index (χ4n) is 1.40. The van der Waals surface area contributed by atoms with Gasteiger partial charge >= 0.3 is 12.1 Å². The van der Waals surface area contributed by atoms with E-state index < -0.39 is 18.1 Å². The first kappa shape index (κ1) is 15.7. The van der Waals surface area contributed by atoms with Crippen molar-refractivity contribution in [2.45, 2.75) is 32.0 Å². The standard InChI is InChI=1S/C10H11ClF5NS/c1-3-17-7(9(12,13)10(14,15)16)6-4-5(2)8(11)18-6/h4,7,17H,3H2,1-2H3. The molecule has 0 aromatic carbocycles. The Labute approximate surface area is 110 Å². The molecule has 0 aliphatic rings. The maximum Gasteiger partial charge on any atom is 0.455 e. The van der Waals surface area contributed by atoms with E-state index >= 15 is 0 Å². The third-order valence-corrected chi connectivity index (χ3v) is 3.93. The Morgan fingerprint density at radius 2 is 1.89 bits per heavy atom. The molecule has 1 heterocycles. The lowest BCUT2D eigenvalue weighted by Crippen LogP contribution is -2.47. The van der Waals surface area contributed by atoms with E-state index in [9.17, 15) is 22.0 Å². The van der Waals surface area contributed by atoms with E-state index in [2.05, 4.69) is 5.32 Å². The fraction of sp³-hybridized carbons (Fsp3) is 0.600. The summed E-state index contributed by atoms with van der Waals surface area (Å²) in [7, 11) is 0. The monoisotopic (exact) mass is 307 g/mol. The van der Waals surface area contributed by atoms with Gasteiger partial charge in [-0.05, 0) is 25.1 Å². The zero-order valence-corrected chi connectivity index (χ0v) is 11.1. The zero-order valence-electron chi connectivity index (χ0n) is 9.54. The summed E-state index contributed by atoms with van der Waals surface area (Å²) in [5.41, 5.74) is 0.484. The van der Waals surface area contributed by atoms with Crippen LogP contribution in [-0.2, 0) is 0 Å². The number of halogens is 6. The molecule has 0 amide bonds. The van der Waals surface area contributed by atoms with Gasteiger partial charge in [0.1, 0.15) is 6.04 Å². The summed E-state index contributed by atoms with van der Waals surface area (Å²) in [5, 5.41) is 2.17. The highest BCUT2D eigenvalue weighted by molar-refractivity contribution is 7.16. The van der Waals surface area contributed by atoms with E-state index in [1.54, 1.807) is 6.92 Å². The van der Waals surface area contributed by atoms with Crippen molar-refractivity contribution in [3.63, 3.8) is 0 Å². The van der Waals surface area contributed by atoms with E-state index in [1.807, 2.05) is 0 Å². The molecule has 1 unspecified atom stereocenters. The van der Waals surface area contributed by atoms with Crippen LogP contribution in [0.25, 0.3) is 0 Å². The van der Waals surface area contributed by atoms with Gasteiger partial charge in [-0.2, -0.15) is 22.0 Å². The predicted octanol–water partition coefficient (Wildman–Crippen LogP) is 4.56. The number of aryl methyl sites for hydroxylation is 1. The zero-order chi connectivity index (χ0) is 14.1. The van der Waals surface area contributed by atoms with E-state index in [4.69, 9.17) is 11.6 Å². The van der Waals surface area contributed by atoms with Gasteiger partial charge in [-0.1, -0.05) is 18.5 Å². The topological polar surface area (TPSA) is 12.0 Å². The first-order valence-corrected chi connectivity index (χ1v) is 6.24. The molecule has 0 spiro atoms. The van der Waals surface area contributed by atoms with Crippen LogP contribution in [0.15, 0.2) is 6.07 Å². The van der Waals surface area contributed by atoms with Crippen LogP contribution in [0.5, 0.6) is 0 Å². The van der Waals surface area contributed by atoms with Crippen molar-refractivity contribution in [3.05, 3.63) is 20.8 Å². The summed E-state index contributed by atoms with van der Waals surface area (Å²) in [5.74, 6) is -4.84. The second-order valence-electron chi connectivity index (χ2n) is 3.72. The quantitative estimate of drug-likeness (QED) is 0.804. The molecular formula is C10H11ClF5NS. The Morgan fingerprint density at radius 3 is 2.22 bits per heavy atom. The van der Waals surface area contributed by atoms with Gasteiger partial charge in [-0.15, -0.1) is 11.3 Å². The lowest BCUT2D eigenvalue weighted by atomic mass is 10.1. The van der Waals surface area contributed by atoms with Crippen LogP contribution in [0.3, 0.4) is 0 Å². The number of thiophene rings is 1. The second kappa shape index (κ2) is 5.30. The van der Waals surface area contributed by atoms with Gasteiger partial charge in [0, 0.05) is 4.88 Å². The van der Waals surface area contributed by atoms with E-state index in [1.165, 1.54) is 13.0 Å². The number of alkyl halides is 5. The van der Waals surface area contributed by atoms with Crippen LogP contribution in [0, 0.1) is 6.92 Å². The fourth-order valence-corrected chi connectivity index (χ4v) is 2.73. The maximum atomic E-state index is 13.4. The van der Waals surface area contributed by atoms with Crippen LogP contribution >= 0.6 is 22.9 Å². The Hall–Kier alpha value is -0.400. The summed E-state index contributed by atoms with van der Waals surface area (Å²) >= 11 is 6.43. The molecule has 0 aliphatic carbocycles.